The molecule has 1 fully saturated rings. The van der Waals surface area contributed by atoms with Crippen LogP contribution in [0.1, 0.15) is 5.82 Å². The van der Waals surface area contributed by atoms with E-state index >= 15 is 0 Å². The fraction of sp³-hybridized carbons (Fsp3) is 0.636. The summed E-state index contributed by atoms with van der Waals surface area (Å²) in [7, 11) is 1.94. The van der Waals surface area contributed by atoms with Crippen molar-refractivity contribution in [2.45, 2.75) is 18.8 Å². The third-order valence-corrected chi connectivity index (χ3v) is 3.36. The molecule has 1 atom stereocenters. The van der Waals surface area contributed by atoms with Gasteiger partial charge in [0.05, 0.1) is 19.3 Å². The molecule has 0 spiro atoms. The second kappa shape index (κ2) is 5.32. The van der Waals surface area contributed by atoms with E-state index in [0.717, 1.165) is 6.54 Å². The molecule has 1 aliphatic heterocycles. The van der Waals surface area contributed by atoms with Gasteiger partial charge in [0.25, 0.3) is 0 Å². The highest BCUT2D eigenvalue weighted by Crippen LogP contribution is 2.28. The molecular formula is C11H14F3N7O. The highest BCUT2D eigenvalue weighted by molar-refractivity contribution is 5.80. The topological polar surface area (TPSA) is 95.0 Å². The molecule has 1 saturated heterocycles. The Balaban J connectivity index is 1.94. The van der Waals surface area contributed by atoms with Gasteiger partial charge in [-0.05, 0) is 7.05 Å². The Hall–Kier alpha value is -2.01. The Morgan fingerprint density at radius 1 is 1.36 bits per heavy atom. The van der Waals surface area contributed by atoms with Crippen molar-refractivity contribution in [3.05, 3.63) is 5.82 Å². The molecule has 0 aliphatic carbocycles. The number of anilines is 1. The third kappa shape index (κ3) is 2.81. The average Bonchev–Trinajstić information content (AvgIpc) is 2.82. The van der Waals surface area contributed by atoms with Crippen LogP contribution in [-0.2, 0) is 17.5 Å². The number of nitrogens with two attached hydrogens (primary N) is 1. The summed E-state index contributed by atoms with van der Waals surface area (Å²) in [6.45, 7) is 2.25. The van der Waals surface area contributed by atoms with Crippen LogP contribution in [0.4, 0.5) is 19.0 Å². The second-order valence-corrected chi connectivity index (χ2v) is 5.13. The van der Waals surface area contributed by atoms with Crippen molar-refractivity contribution in [1.82, 2.24) is 29.9 Å². The summed E-state index contributed by atoms with van der Waals surface area (Å²) in [5, 5.41) is 7.57. The molecule has 0 bridgehead atoms. The molecule has 0 radical (unpaired) electrons. The first kappa shape index (κ1) is 14.9. The lowest BCUT2D eigenvalue weighted by Crippen LogP contribution is -2.42. The smallest absolute Gasteiger partial charge is 0.382 e. The number of aromatic nitrogens is 5. The first-order valence-electron chi connectivity index (χ1n) is 6.58. The Bertz CT molecular complexity index is 686. The van der Waals surface area contributed by atoms with Gasteiger partial charge in [-0.3, -0.25) is 0 Å². The Kier molecular flexibility index (Phi) is 3.60. The van der Waals surface area contributed by atoms with E-state index < -0.39 is 12.0 Å². The van der Waals surface area contributed by atoms with Gasteiger partial charge in [0.2, 0.25) is 5.82 Å². The summed E-state index contributed by atoms with van der Waals surface area (Å²) in [5.74, 6) is -1.65. The lowest BCUT2D eigenvalue weighted by Gasteiger charge is -2.29. The minimum absolute atomic E-state index is 0.0448. The fourth-order valence-electron chi connectivity index (χ4n) is 2.30. The zero-order valence-corrected chi connectivity index (χ0v) is 11.7. The Morgan fingerprint density at radius 2 is 2.14 bits per heavy atom. The van der Waals surface area contributed by atoms with Crippen LogP contribution in [0.5, 0.6) is 0 Å². The largest absolute Gasteiger partial charge is 0.451 e. The highest BCUT2D eigenvalue weighted by Gasteiger charge is 2.36. The summed E-state index contributed by atoms with van der Waals surface area (Å²) in [5.41, 5.74) is 5.52. The molecule has 22 heavy (non-hydrogen) atoms. The van der Waals surface area contributed by atoms with Crippen molar-refractivity contribution in [1.29, 1.82) is 0 Å². The van der Waals surface area contributed by atoms with Gasteiger partial charge in [-0.1, -0.05) is 5.21 Å². The van der Waals surface area contributed by atoms with Gasteiger partial charge in [-0.2, -0.15) is 13.2 Å². The maximum Gasteiger partial charge on any atom is 0.451 e. The summed E-state index contributed by atoms with van der Waals surface area (Å²) in [6, 6.07) is 0. The molecule has 3 heterocycles. The van der Waals surface area contributed by atoms with Crippen molar-refractivity contribution in [3.8, 4) is 0 Å². The van der Waals surface area contributed by atoms with E-state index in [-0.39, 0.29) is 29.6 Å². The van der Waals surface area contributed by atoms with Crippen LogP contribution in [0.25, 0.3) is 11.2 Å². The van der Waals surface area contributed by atoms with Crippen LogP contribution >= 0.6 is 0 Å². The quantitative estimate of drug-likeness (QED) is 0.842. The molecule has 8 nitrogen and oxygen atoms in total. The number of fused-ring (bicyclic) bond motifs is 1. The van der Waals surface area contributed by atoms with Crippen LogP contribution in [0.15, 0.2) is 0 Å². The SMILES string of the molecule is CN1CCO[C@@H](Cn2nnc3c(N)nc(C(F)(F)F)nc32)C1. The Morgan fingerprint density at radius 3 is 2.82 bits per heavy atom. The number of likely N-dealkylation sites (N-methyl/N-ethyl adjacent to an activating group) is 1. The van der Waals surface area contributed by atoms with Gasteiger partial charge in [0, 0.05) is 13.1 Å². The number of alkyl halides is 3. The number of rotatable bonds is 2. The molecule has 0 saturated carbocycles. The molecule has 120 valence electrons. The fourth-order valence-corrected chi connectivity index (χ4v) is 2.30. The van der Waals surface area contributed by atoms with Crippen molar-refractivity contribution in [3.63, 3.8) is 0 Å². The van der Waals surface area contributed by atoms with Crippen LogP contribution in [-0.4, -0.2) is 62.7 Å². The number of ether oxygens (including phenoxy) is 1. The lowest BCUT2D eigenvalue weighted by atomic mass is 10.3. The van der Waals surface area contributed by atoms with Gasteiger partial charge < -0.3 is 15.4 Å². The zero-order valence-electron chi connectivity index (χ0n) is 11.7. The Labute approximate surface area is 123 Å². The van der Waals surface area contributed by atoms with Gasteiger partial charge in [0.15, 0.2) is 17.0 Å². The molecule has 2 aromatic heterocycles. The van der Waals surface area contributed by atoms with E-state index in [4.69, 9.17) is 10.5 Å². The number of nitrogens with zero attached hydrogens (tertiary/aromatic N) is 6. The number of hydrogen-bond acceptors (Lipinski definition) is 7. The van der Waals surface area contributed by atoms with Crippen molar-refractivity contribution < 1.29 is 17.9 Å². The summed E-state index contributed by atoms with van der Waals surface area (Å²) in [4.78, 5) is 8.80. The van der Waals surface area contributed by atoms with E-state index in [1.165, 1.54) is 4.68 Å². The molecule has 0 aromatic carbocycles. The van der Waals surface area contributed by atoms with E-state index in [0.29, 0.717) is 13.2 Å². The monoisotopic (exact) mass is 317 g/mol. The average molecular weight is 317 g/mol. The minimum atomic E-state index is -4.68. The summed E-state index contributed by atoms with van der Waals surface area (Å²) >= 11 is 0. The van der Waals surface area contributed by atoms with Gasteiger partial charge in [-0.15, -0.1) is 5.10 Å². The maximum absolute atomic E-state index is 12.8. The molecule has 0 amide bonds. The van der Waals surface area contributed by atoms with Crippen LogP contribution in [0.3, 0.4) is 0 Å². The molecule has 2 N–H and O–H groups in total. The highest BCUT2D eigenvalue weighted by atomic mass is 19.4. The lowest BCUT2D eigenvalue weighted by molar-refractivity contribution is -0.144. The first-order valence-corrected chi connectivity index (χ1v) is 6.58. The van der Waals surface area contributed by atoms with Crippen molar-refractivity contribution >= 4 is 17.0 Å². The molecule has 11 heteroatoms. The van der Waals surface area contributed by atoms with E-state index in [1.807, 2.05) is 7.05 Å². The minimum Gasteiger partial charge on any atom is -0.382 e. The molecule has 1 aliphatic rings. The summed E-state index contributed by atoms with van der Waals surface area (Å²) in [6.07, 6.45) is -4.88. The second-order valence-electron chi connectivity index (χ2n) is 5.13. The molecule has 2 aromatic rings. The first-order chi connectivity index (χ1) is 10.3. The molecular weight excluding hydrogens is 303 g/mol. The predicted octanol–water partition coefficient (Wildman–Crippen LogP) is 0.153. The molecule has 0 unspecified atom stereocenters. The van der Waals surface area contributed by atoms with E-state index in [1.54, 1.807) is 0 Å². The number of hydrogen-bond donors (Lipinski definition) is 1. The zero-order chi connectivity index (χ0) is 15.9. The number of morpholine rings is 1. The normalized spacial score (nSPS) is 20.6. The van der Waals surface area contributed by atoms with E-state index in [2.05, 4.69) is 25.2 Å². The van der Waals surface area contributed by atoms with Gasteiger partial charge in [0.1, 0.15) is 0 Å². The maximum atomic E-state index is 12.8. The van der Waals surface area contributed by atoms with Crippen LogP contribution in [0.2, 0.25) is 0 Å². The number of halogens is 3. The van der Waals surface area contributed by atoms with E-state index in [9.17, 15) is 13.2 Å². The standard InChI is InChI=1S/C11H14F3N7O/c1-20-2-3-22-6(4-20)5-21-9-7(18-19-21)8(15)16-10(17-9)11(12,13)14/h6H,2-5H2,1H3,(H2,15,16,17)/t6-/m1/s1. The third-order valence-electron chi connectivity index (χ3n) is 3.36. The summed E-state index contributed by atoms with van der Waals surface area (Å²) < 4.78 is 45.2. The van der Waals surface area contributed by atoms with Gasteiger partial charge in [-0.25, -0.2) is 14.6 Å². The van der Waals surface area contributed by atoms with Crippen LogP contribution < -0.4 is 5.73 Å². The predicted molar refractivity (Wildman–Crippen MR) is 69.8 cm³/mol. The van der Waals surface area contributed by atoms with Crippen molar-refractivity contribution in [2.75, 3.05) is 32.5 Å². The number of nitrogen functional groups attached to an aromatic ring is 1. The van der Waals surface area contributed by atoms with Gasteiger partial charge >= 0.3 is 6.18 Å². The molecule has 3 rings (SSSR count). The van der Waals surface area contributed by atoms with Crippen molar-refractivity contribution in [2.24, 2.45) is 0 Å². The van der Waals surface area contributed by atoms with Crippen LogP contribution in [0, 0.1) is 0 Å².